The van der Waals surface area contributed by atoms with Gasteiger partial charge >= 0.3 is 0 Å². The van der Waals surface area contributed by atoms with Crippen LogP contribution < -0.4 is 5.73 Å². The molecule has 1 aromatic rings. The molecule has 4 heteroatoms. The Labute approximate surface area is 78.2 Å². The lowest BCUT2D eigenvalue weighted by atomic mass is 10.1. The summed E-state index contributed by atoms with van der Waals surface area (Å²) in [4.78, 5) is 0. The number of nitrogens with two attached hydrogens (primary N) is 1. The summed E-state index contributed by atoms with van der Waals surface area (Å²) >= 11 is 3.19. The zero-order valence-electron chi connectivity index (χ0n) is 6.49. The molecular weight excluding hydrogens is 223 g/mol. The highest BCUT2D eigenvalue weighted by molar-refractivity contribution is 9.10. The van der Waals surface area contributed by atoms with Crippen LogP contribution in [0.2, 0.25) is 0 Å². The van der Waals surface area contributed by atoms with Crippen LogP contribution in [-0.2, 0) is 0 Å². The van der Waals surface area contributed by atoms with Gasteiger partial charge in [-0.25, -0.2) is 4.39 Å². The van der Waals surface area contributed by atoms with Gasteiger partial charge in [-0.05, 0) is 19.1 Å². The first-order chi connectivity index (χ1) is 5.54. The Hall–Kier alpha value is -0.900. The van der Waals surface area contributed by atoms with Crippen molar-refractivity contribution >= 4 is 27.3 Å². The van der Waals surface area contributed by atoms with Crippen molar-refractivity contribution < 1.29 is 4.39 Å². The zero-order valence-corrected chi connectivity index (χ0v) is 8.07. The molecule has 12 heavy (non-hydrogen) atoms. The Bertz CT molecular complexity index is 336. The van der Waals surface area contributed by atoms with Crippen LogP contribution >= 0.6 is 15.9 Å². The van der Waals surface area contributed by atoms with Crippen molar-refractivity contribution in [3.05, 3.63) is 28.0 Å². The van der Waals surface area contributed by atoms with E-state index in [1.807, 2.05) is 0 Å². The number of nitrogens with one attached hydrogen (secondary N) is 1. The van der Waals surface area contributed by atoms with Crippen LogP contribution in [0.1, 0.15) is 12.5 Å². The molecule has 3 N–H and O–H groups in total. The summed E-state index contributed by atoms with van der Waals surface area (Å²) < 4.78 is 13.5. The van der Waals surface area contributed by atoms with E-state index in [1.54, 1.807) is 13.0 Å². The second-order valence-corrected chi connectivity index (χ2v) is 3.30. The van der Waals surface area contributed by atoms with Gasteiger partial charge in [-0.15, -0.1) is 0 Å². The van der Waals surface area contributed by atoms with E-state index in [0.29, 0.717) is 10.0 Å². The molecule has 0 bridgehead atoms. The first-order valence-electron chi connectivity index (χ1n) is 3.33. The second kappa shape index (κ2) is 3.23. The highest BCUT2D eigenvalue weighted by Gasteiger charge is 2.10. The van der Waals surface area contributed by atoms with Crippen molar-refractivity contribution in [3.63, 3.8) is 0 Å². The average molecular weight is 231 g/mol. The molecule has 1 aromatic carbocycles. The molecular formula is C8H8BrFN2. The van der Waals surface area contributed by atoms with E-state index >= 15 is 0 Å². The summed E-state index contributed by atoms with van der Waals surface area (Å²) in [6.45, 7) is 1.57. The number of rotatable bonds is 1. The molecule has 0 unspecified atom stereocenters. The number of hydrogen-bond donors (Lipinski definition) is 2. The molecule has 0 heterocycles. The molecule has 0 aliphatic heterocycles. The topological polar surface area (TPSA) is 49.9 Å². The number of anilines is 1. The normalized spacial score (nSPS) is 9.92. The Balaban J connectivity index is 3.43. The molecule has 0 saturated carbocycles. The number of nitrogen functional groups attached to an aromatic ring is 1. The van der Waals surface area contributed by atoms with E-state index in [4.69, 9.17) is 11.1 Å². The Morgan fingerprint density at radius 3 is 2.58 bits per heavy atom. The molecule has 0 amide bonds. The zero-order chi connectivity index (χ0) is 9.30. The molecule has 0 saturated heterocycles. The number of hydrogen-bond acceptors (Lipinski definition) is 2. The van der Waals surface area contributed by atoms with Crippen molar-refractivity contribution in [2.45, 2.75) is 6.92 Å². The third kappa shape index (κ3) is 1.48. The van der Waals surface area contributed by atoms with Gasteiger partial charge in [0.15, 0.2) is 0 Å². The van der Waals surface area contributed by atoms with E-state index in [0.717, 1.165) is 0 Å². The minimum absolute atomic E-state index is 0.0249. The fraction of sp³-hybridized carbons (Fsp3) is 0.125. The third-order valence-electron chi connectivity index (χ3n) is 1.52. The van der Waals surface area contributed by atoms with Crippen molar-refractivity contribution in [1.29, 1.82) is 5.41 Å². The SMILES string of the molecule is CC(=N)c1c(Br)ccc(F)c1N. The van der Waals surface area contributed by atoms with Gasteiger partial charge in [0.05, 0.1) is 5.69 Å². The standard InChI is InChI=1S/C8H8BrFN2/c1-4(11)7-5(9)2-3-6(10)8(7)12/h2-3,11H,12H2,1H3. The number of halogens is 2. The summed E-state index contributed by atoms with van der Waals surface area (Å²) in [7, 11) is 0. The fourth-order valence-electron chi connectivity index (χ4n) is 0.949. The average Bonchev–Trinajstić information content (AvgIpc) is 1.97. The fourth-order valence-corrected chi connectivity index (χ4v) is 1.59. The molecule has 0 fully saturated rings. The van der Waals surface area contributed by atoms with Gasteiger partial charge in [-0.3, -0.25) is 0 Å². The van der Waals surface area contributed by atoms with Crippen LogP contribution in [-0.4, -0.2) is 5.71 Å². The van der Waals surface area contributed by atoms with E-state index < -0.39 is 5.82 Å². The maximum absolute atomic E-state index is 12.9. The summed E-state index contributed by atoms with van der Waals surface area (Å²) in [5.41, 5.74) is 6.14. The van der Waals surface area contributed by atoms with Gasteiger partial charge in [-0.1, -0.05) is 15.9 Å². The summed E-state index contributed by atoms with van der Waals surface area (Å²) in [6.07, 6.45) is 0. The Morgan fingerprint density at radius 1 is 1.58 bits per heavy atom. The lowest BCUT2D eigenvalue weighted by molar-refractivity contribution is 0.632. The lowest BCUT2D eigenvalue weighted by Gasteiger charge is -2.06. The maximum Gasteiger partial charge on any atom is 0.146 e. The summed E-state index contributed by atoms with van der Waals surface area (Å²) in [5, 5.41) is 7.34. The highest BCUT2D eigenvalue weighted by atomic mass is 79.9. The Morgan fingerprint density at radius 2 is 2.17 bits per heavy atom. The molecule has 0 aromatic heterocycles. The summed E-state index contributed by atoms with van der Waals surface area (Å²) in [6, 6.07) is 2.81. The quantitative estimate of drug-likeness (QED) is 0.566. The minimum Gasteiger partial charge on any atom is -0.396 e. The van der Waals surface area contributed by atoms with Crippen LogP contribution in [0.25, 0.3) is 0 Å². The van der Waals surface area contributed by atoms with E-state index in [2.05, 4.69) is 15.9 Å². The van der Waals surface area contributed by atoms with Crippen LogP contribution in [0.15, 0.2) is 16.6 Å². The van der Waals surface area contributed by atoms with E-state index in [9.17, 15) is 4.39 Å². The molecule has 0 spiro atoms. The first kappa shape index (κ1) is 9.19. The summed E-state index contributed by atoms with van der Waals surface area (Å²) in [5.74, 6) is -0.486. The molecule has 0 radical (unpaired) electrons. The van der Waals surface area contributed by atoms with Crippen molar-refractivity contribution in [1.82, 2.24) is 0 Å². The predicted octanol–water partition coefficient (Wildman–Crippen LogP) is 2.56. The van der Waals surface area contributed by atoms with Gasteiger partial charge in [-0.2, -0.15) is 0 Å². The van der Waals surface area contributed by atoms with Crippen molar-refractivity contribution in [2.24, 2.45) is 0 Å². The lowest BCUT2D eigenvalue weighted by Crippen LogP contribution is -2.03. The Kier molecular flexibility index (Phi) is 2.47. The second-order valence-electron chi connectivity index (χ2n) is 2.44. The molecule has 2 nitrogen and oxygen atoms in total. The molecule has 0 atom stereocenters. The minimum atomic E-state index is -0.486. The van der Waals surface area contributed by atoms with Crippen molar-refractivity contribution in [3.8, 4) is 0 Å². The van der Waals surface area contributed by atoms with Gasteiger partial charge in [0, 0.05) is 15.7 Å². The monoisotopic (exact) mass is 230 g/mol. The molecule has 0 aliphatic carbocycles. The van der Waals surface area contributed by atoms with Gasteiger partial charge in [0.2, 0.25) is 0 Å². The predicted molar refractivity (Wildman–Crippen MR) is 51.0 cm³/mol. The smallest absolute Gasteiger partial charge is 0.146 e. The van der Waals surface area contributed by atoms with Crippen molar-refractivity contribution in [2.75, 3.05) is 5.73 Å². The first-order valence-corrected chi connectivity index (χ1v) is 4.12. The van der Waals surface area contributed by atoms with E-state index in [1.165, 1.54) is 6.07 Å². The van der Waals surface area contributed by atoms with Gasteiger partial charge < -0.3 is 11.1 Å². The van der Waals surface area contributed by atoms with E-state index in [-0.39, 0.29) is 11.4 Å². The van der Waals surface area contributed by atoms with Crippen LogP contribution in [0, 0.1) is 11.2 Å². The third-order valence-corrected chi connectivity index (χ3v) is 2.18. The molecule has 0 aliphatic rings. The largest absolute Gasteiger partial charge is 0.396 e. The highest BCUT2D eigenvalue weighted by Crippen LogP contribution is 2.25. The molecule has 1 rings (SSSR count). The maximum atomic E-state index is 12.9. The van der Waals surface area contributed by atoms with Gasteiger partial charge in [0.25, 0.3) is 0 Å². The van der Waals surface area contributed by atoms with Crippen LogP contribution in [0.3, 0.4) is 0 Å². The van der Waals surface area contributed by atoms with Crippen LogP contribution in [0.5, 0.6) is 0 Å². The van der Waals surface area contributed by atoms with Gasteiger partial charge in [0.1, 0.15) is 5.82 Å². The van der Waals surface area contributed by atoms with Crippen LogP contribution in [0.4, 0.5) is 10.1 Å². The number of benzene rings is 1. The molecule has 64 valence electrons.